The zero-order valence-electron chi connectivity index (χ0n) is 34.9. The molecule has 2 aliphatic carbocycles. The highest BCUT2D eigenvalue weighted by Gasteiger charge is 2.52. The van der Waals surface area contributed by atoms with Crippen LogP contribution in [0.25, 0.3) is 49.7 Å². The van der Waals surface area contributed by atoms with E-state index in [1.54, 1.807) is 0 Å². The summed E-state index contributed by atoms with van der Waals surface area (Å²) in [5.74, 6) is 0. The molecule has 9 aromatic rings. The highest BCUT2D eigenvalue weighted by atomic mass is 15.1. The van der Waals surface area contributed by atoms with E-state index < -0.39 is 5.41 Å². The third kappa shape index (κ3) is 5.77. The van der Waals surface area contributed by atoms with Gasteiger partial charge in [0.1, 0.15) is 0 Å². The summed E-state index contributed by atoms with van der Waals surface area (Å²) < 4.78 is 2.39. The molecule has 0 aliphatic heterocycles. The summed E-state index contributed by atoms with van der Waals surface area (Å²) in [6.07, 6.45) is 4.27. The predicted molar refractivity (Wildman–Crippen MR) is 257 cm³/mol. The van der Waals surface area contributed by atoms with Crippen LogP contribution in [-0.4, -0.2) is 11.1 Å². The summed E-state index contributed by atoms with van der Waals surface area (Å²) in [6, 6.07) is 67.7. The van der Waals surface area contributed by atoms with Gasteiger partial charge >= 0.3 is 0 Å². The van der Waals surface area contributed by atoms with E-state index in [4.69, 9.17) is 5.73 Å². The minimum absolute atomic E-state index is 0.0242. The monoisotopic (exact) mass is 790 g/mol. The third-order valence-corrected chi connectivity index (χ3v) is 13.3. The van der Waals surface area contributed by atoms with Crippen LogP contribution in [0.1, 0.15) is 73.4 Å². The van der Waals surface area contributed by atoms with Crippen LogP contribution in [0.5, 0.6) is 0 Å². The quantitative estimate of drug-likeness (QED) is 0.128. The van der Waals surface area contributed by atoms with Crippen molar-refractivity contribution in [2.24, 2.45) is 5.73 Å². The molecule has 2 unspecified atom stereocenters. The van der Waals surface area contributed by atoms with Gasteiger partial charge in [0.05, 0.1) is 16.4 Å². The van der Waals surface area contributed by atoms with Gasteiger partial charge in [0.15, 0.2) is 0 Å². The number of anilines is 4. The van der Waals surface area contributed by atoms with Gasteiger partial charge in [-0.25, -0.2) is 0 Å². The van der Waals surface area contributed by atoms with E-state index in [1.807, 2.05) is 0 Å². The Labute approximate surface area is 358 Å². The van der Waals surface area contributed by atoms with Crippen LogP contribution in [-0.2, 0) is 5.41 Å². The Bertz CT molecular complexity index is 3030. The van der Waals surface area contributed by atoms with E-state index >= 15 is 0 Å². The van der Waals surface area contributed by atoms with Crippen molar-refractivity contribution in [1.29, 1.82) is 0 Å². The molecule has 2 aliphatic rings. The molecular weight excluding hydrogens is 741 g/mol. The van der Waals surface area contributed by atoms with E-state index in [0.717, 1.165) is 55.0 Å². The summed E-state index contributed by atoms with van der Waals surface area (Å²) in [5.41, 5.74) is 26.1. The minimum Gasteiger partial charge on any atom is -0.385 e. The molecule has 1 aromatic heterocycles. The summed E-state index contributed by atoms with van der Waals surface area (Å²) in [4.78, 5) is 2.42. The second-order valence-electron chi connectivity index (χ2n) is 16.8. The van der Waals surface area contributed by atoms with Gasteiger partial charge in [0, 0.05) is 51.8 Å². The van der Waals surface area contributed by atoms with Crippen molar-refractivity contribution >= 4 is 44.6 Å². The Kier molecular flexibility index (Phi) is 9.13. The molecule has 4 heteroatoms. The van der Waals surface area contributed by atoms with Crippen molar-refractivity contribution in [3.05, 3.63) is 210 Å². The zero-order chi connectivity index (χ0) is 41.1. The second kappa shape index (κ2) is 15.0. The zero-order valence-corrected chi connectivity index (χ0v) is 34.9. The van der Waals surface area contributed by atoms with Crippen molar-refractivity contribution in [3.8, 4) is 27.9 Å². The first-order valence-corrected chi connectivity index (χ1v) is 22.1. The molecule has 11 rings (SSSR count). The fourth-order valence-electron chi connectivity index (χ4n) is 10.5. The lowest BCUT2D eigenvalue weighted by atomic mass is 9.70. The first-order valence-electron chi connectivity index (χ1n) is 22.1. The highest BCUT2D eigenvalue weighted by Crippen LogP contribution is 2.64. The minimum atomic E-state index is -0.528. The Morgan fingerprint density at radius 2 is 1.10 bits per heavy atom. The Hall–Kier alpha value is -6.88. The molecule has 298 valence electrons. The average molecular weight is 791 g/mol. The van der Waals surface area contributed by atoms with Crippen LogP contribution in [0.3, 0.4) is 0 Å². The number of fused-ring (bicyclic) bond motifs is 13. The molecule has 0 saturated heterocycles. The molecule has 1 heterocycles. The van der Waals surface area contributed by atoms with Crippen LogP contribution in [0, 0.1) is 0 Å². The van der Waals surface area contributed by atoms with Gasteiger partial charge in [-0.05, 0) is 136 Å². The van der Waals surface area contributed by atoms with Crippen LogP contribution in [0.2, 0.25) is 0 Å². The molecule has 0 saturated carbocycles. The fourth-order valence-corrected chi connectivity index (χ4v) is 10.5. The summed E-state index contributed by atoms with van der Waals surface area (Å²) >= 11 is 0. The van der Waals surface area contributed by atoms with Gasteiger partial charge in [-0.1, -0.05) is 136 Å². The number of nitrogens with one attached hydrogen (secondary N) is 1. The van der Waals surface area contributed by atoms with Crippen LogP contribution in [0.15, 0.2) is 182 Å². The van der Waals surface area contributed by atoms with E-state index in [9.17, 15) is 0 Å². The smallest absolute Gasteiger partial charge is 0.0727 e. The lowest BCUT2D eigenvalue weighted by Crippen LogP contribution is -2.27. The molecule has 1 spiro atoms. The van der Waals surface area contributed by atoms with Gasteiger partial charge in [-0.3, -0.25) is 0 Å². The van der Waals surface area contributed by atoms with Crippen LogP contribution >= 0.6 is 0 Å². The summed E-state index contributed by atoms with van der Waals surface area (Å²) in [7, 11) is 0. The number of nitrogens with two attached hydrogens (primary N) is 1. The van der Waals surface area contributed by atoms with Gasteiger partial charge in [0.2, 0.25) is 0 Å². The van der Waals surface area contributed by atoms with Gasteiger partial charge in [-0.15, -0.1) is 0 Å². The summed E-state index contributed by atoms with van der Waals surface area (Å²) in [6.45, 7) is 5.42. The number of hydrogen-bond donors (Lipinski definition) is 2. The van der Waals surface area contributed by atoms with E-state index in [0.29, 0.717) is 0 Å². The van der Waals surface area contributed by atoms with Crippen molar-refractivity contribution in [2.75, 3.05) is 16.8 Å². The number of unbranched alkanes of at least 4 members (excludes halogenated alkanes) is 1. The van der Waals surface area contributed by atoms with Gasteiger partial charge < -0.3 is 20.5 Å². The molecule has 8 aromatic carbocycles. The Morgan fingerprint density at radius 3 is 1.82 bits per heavy atom. The van der Waals surface area contributed by atoms with Crippen molar-refractivity contribution in [3.63, 3.8) is 0 Å². The van der Waals surface area contributed by atoms with E-state index in [1.165, 1.54) is 77.6 Å². The van der Waals surface area contributed by atoms with Gasteiger partial charge in [0.25, 0.3) is 0 Å². The molecule has 4 nitrogen and oxygen atoms in total. The van der Waals surface area contributed by atoms with Crippen LogP contribution < -0.4 is 16.0 Å². The predicted octanol–water partition coefficient (Wildman–Crippen LogP) is 14.6. The first kappa shape index (κ1) is 37.1. The Morgan fingerprint density at radius 1 is 0.525 bits per heavy atom. The largest absolute Gasteiger partial charge is 0.385 e. The molecular formula is C57H50N4. The number of para-hydroxylation sites is 3. The lowest BCUT2D eigenvalue weighted by Gasteiger charge is -2.33. The SMILES string of the molecule is CCCCNc1ccc2c(c1)C1(c3ccccc3-c3ccc(N(c4ccccc4)c4ccc(-n5c6ccccc6c6ccccc65)cc4)cc31)c1cc(C(N)CCC)ccc1-2. The maximum absolute atomic E-state index is 6.94. The standard InChI is InChI=1S/C57H50N4/c1-3-5-34-59-39-25-32-46-45-31-24-38(54(58)15-4-2)35-51(45)57(52(46)36-39)50-21-12-9-18-44(50)47-33-30-43(37-53(47)57)60(40-16-7-6-8-17-40)41-26-28-42(29-27-41)61-55-22-13-10-19-48(55)49-20-11-14-23-56(49)61/h6-14,16-33,35-37,54,59H,3-5,15,34,58H2,1-2H3. The number of aromatic nitrogens is 1. The lowest BCUT2D eigenvalue weighted by molar-refractivity contribution is 0.636. The molecule has 3 N–H and O–H groups in total. The van der Waals surface area contributed by atoms with Gasteiger partial charge in [-0.2, -0.15) is 0 Å². The average Bonchev–Trinajstić information content (AvgIpc) is 3.91. The second-order valence-corrected chi connectivity index (χ2v) is 16.8. The third-order valence-electron chi connectivity index (χ3n) is 13.3. The normalized spacial score (nSPS) is 15.1. The molecule has 2 atom stereocenters. The molecule has 0 bridgehead atoms. The Balaban J connectivity index is 1.12. The first-order chi connectivity index (χ1) is 30.1. The number of nitrogens with zero attached hydrogens (tertiary/aromatic N) is 2. The van der Waals surface area contributed by atoms with E-state index in [2.05, 4.69) is 211 Å². The molecule has 0 fully saturated rings. The maximum atomic E-state index is 6.94. The maximum Gasteiger partial charge on any atom is 0.0727 e. The fraction of sp³-hybridized carbons (Fsp3) is 0.158. The molecule has 0 amide bonds. The summed E-state index contributed by atoms with van der Waals surface area (Å²) in [5, 5.41) is 6.31. The number of benzene rings is 8. The van der Waals surface area contributed by atoms with E-state index in [-0.39, 0.29) is 6.04 Å². The van der Waals surface area contributed by atoms with Crippen LogP contribution in [0.4, 0.5) is 22.7 Å². The van der Waals surface area contributed by atoms with Crippen molar-refractivity contribution in [1.82, 2.24) is 4.57 Å². The van der Waals surface area contributed by atoms with Crippen molar-refractivity contribution in [2.45, 2.75) is 51.0 Å². The number of rotatable bonds is 11. The molecule has 61 heavy (non-hydrogen) atoms. The number of hydrogen-bond acceptors (Lipinski definition) is 3. The van der Waals surface area contributed by atoms with Crippen molar-refractivity contribution < 1.29 is 0 Å². The topological polar surface area (TPSA) is 46.2 Å². The highest BCUT2D eigenvalue weighted by molar-refractivity contribution is 6.09. The molecule has 0 radical (unpaired) electrons.